The van der Waals surface area contributed by atoms with Crippen molar-refractivity contribution in [3.8, 4) is 5.75 Å². The zero-order valence-electron chi connectivity index (χ0n) is 11.2. The highest BCUT2D eigenvalue weighted by Crippen LogP contribution is 2.35. The van der Waals surface area contributed by atoms with E-state index < -0.39 is 10.0 Å². The third-order valence-electron chi connectivity index (χ3n) is 3.66. The van der Waals surface area contributed by atoms with Crippen LogP contribution >= 0.6 is 11.3 Å². The smallest absolute Gasteiger partial charge is 0.256 e. The van der Waals surface area contributed by atoms with Crippen LogP contribution in [-0.4, -0.2) is 39.0 Å². The molecule has 5 nitrogen and oxygen atoms in total. The lowest BCUT2D eigenvalue weighted by molar-refractivity contribution is 0.192. The molecule has 1 fully saturated rings. The summed E-state index contributed by atoms with van der Waals surface area (Å²) in [6, 6.07) is 1.56. The van der Waals surface area contributed by atoms with Crippen LogP contribution in [0.3, 0.4) is 0 Å². The van der Waals surface area contributed by atoms with Crippen molar-refractivity contribution >= 4 is 21.4 Å². The number of hydrogen-bond donors (Lipinski definition) is 1. The van der Waals surface area contributed by atoms with Crippen molar-refractivity contribution in [2.45, 2.75) is 30.0 Å². The molecule has 108 valence electrons. The van der Waals surface area contributed by atoms with Crippen LogP contribution in [0.5, 0.6) is 5.75 Å². The minimum Gasteiger partial charge on any atom is -0.494 e. The van der Waals surface area contributed by atoms with E-state index in [2.05, 4.69) is 6.92 Å². The van der Waals surface area contributed by atoms with Gasteiger partial charge in [-0.15, -0.1) is 11.3 Å². The Morgan fingerprint density at radius 2 is 2.32 bits per heavy atom. The molecule has 0 aromatic carbocycles. The average molecular weight is 304 g/mol. The fourth-order valence-corrected chi connectivity index (χ4v) is 5.75. The van der Waals surface area contributed by atoms with Gasteiger partial charge in [0.15, 0.2) is 4.21 Å². The van der Waals surface area contributed by atoms with Crippen LogP contribution in [0.1, 0.15) is 19.8 Å². The quantitative estimate of drug-likeness (QED) is 0.915. The number of sulfonamides is 1. The zero-order chi connectivity index (χ0) is 14.0. The zero-order valence-corrected chi connectivity index (χ0v) is 12.8. The van der Waals surface area contributed by atoms with Crippen LogP contribution in [0, 0.1) is 5.92 Å². The van der Waals surface area contributed by atoms with Crippen molar-refractivity contribution in [3.63, 3.8) is 0 Å². The Kier molecular flexibility index (Phi) is 4.50. The number of ether oxygens (including phenoxy) is 1. The third-order valence-corrected chi connectivity index (χ3v) is 7.01. The first-order valence-corrected chi connectivity index (χ1v) is 8.67. The molecule has 0 radical (unpaired) electrons. The van der Waals surface area contributed by atoms with Gasteiger partial charge in [0.1, 0.15) is 5.75 Å². The average Bonchev–Trinajstić information content (AvgIpc) is 2.87. The van der Waals surface area contributed by atoms with Gasteiger partial charge in [0, 0.05) is 19.1 Å². The predicted molar refractivity (Wildman–Crippen MR) is 76.0 cm³/mol. The van der Waals surface area contributed by atoms with Crippen LogP contribution in [0.2, 0.25) is 0 Å². The van der Waals surface area contributed by atoms with Crippen molar-refractivity contribution in [1.82, 2.24) is 4.31 Å². The fraction of sp³-hybridized carbons (Fsp3) is 0.667. The Balaban J connectivity index is 2.38. The monoisotopic (exact) mass is 304 g/mol. The lowest BCUT2D eigenvalue weighted by atomic mass is 9.93. The van der Waals surface area contributed by atoms with Crippen LogP contribution in [0.4, 0.5) is 0 Å². The highest BCUT2D eigenvalue weighted by molar-refractivity contribution is 7.91. The van der Waals surface area contributed by atoms with E-state index in [-0.39, 0.29) is 10.3 Å². The molecule has 1 saturated heterocycles. The largest absolute Gasteiger partial charge is 0.494 e. The van der Waals surface area contributed by atoms with E-state index in [0.29, 0.717) is 24.8 Å². The molecule has 2 heterocycles. The Morgan fingerprint density at radius 1 is 1.58 bits per heavy atom. The second kappa shape index (κ2) is 5.78. The maximum Gasteiger partial charge on any atom is 0.256 e. The molecule has 2 atom stereocenters. The molecule has 1 aliphatic rings. The predicted octanol–water partition coefficient (Wildman–Crippen LogP) is 1.50. The summed E-state index contributed by atoms with van der Waals surface area (Å²) in [5.74, 6) is 0.707. The van der Waals surface area contributed by atoms with Crippen molar-refractivity contribution in [2.24, 2.45) is 11.7 Å². The van der Waals surface area contributed by atoms with Gasteiger partial charge in [0.25, 0.3) is 10.0 Å². The maximum atomic E-state index is 12.7. The molecule has 0 aliphatic carbocycles. The molecule has 1 aromatic rings. The Hall–Kier alpha value is -0.630. The molecular weight excluding hydrogens is 284 g/mol. The van der Waals surface area contributed by atoms with Crippen LogP contribution in [-0.2, 0) is 10.0 Å². The highest BCUT2D eigenvalue weighted by atomic mass is 32.2. The van der Waals surface area contributed by atoms with Crippen molar-refractivity contribution in [3.05, 3.63) is 11.4 Å². The molecule has 0 amide bonds. The van der Waals surface area contributed by atoms with E-state index in [0.717, 1.165) is 12.8 Å². The number of hydrogen-bond acceptors (Lipinski definition) is 5. The van der Waals surface area contributed by atoms with Gasteiger partial charge >= 0.3 is 0 Å². The molecule has 1 aliphatic heterocycles. The molecule has 19 heavy (non-hydrogen) atoms. The van der Waals surface area contributed by atoms with E-state index in [1.807, 2.05) is 0 Å². The topological polar surface area (TPSA) is 72.6 Å². The van der Waals surface area contributed by atoms with Gasteiger partial charge in [-0.2, -0.15) is 4.31 Å². The van der Waals surface area contributed by atoms with Gasteiger partial charge in [-0.05, 0) is 30.2 Å². The number of nitrogens with zero attached hydrogens (tertiary/aromatic N) is 1. The maximum absolute atomic E-state index is 12.7. The first kappa shape index (κ1) is 14.8. The first-order valence-electron chi connectivity index (χ1n) is 6.35. The van der Waals surface area contributed by atoms with Gasteiger partial charge in [-0.3, -0.25) is 0 Å². The molecule has 1 aromatic heterocycles. The van der Waals surface area contributed by atoms with Crippen LogP contribution < -0.4 is 10.5 Å². The van der Waals surface area contributed by atoms with E-state index in [4.69, 9.17) is 10.5 Å². The van der Waals surface area contributed by atoms with Crippen LogP contribution in [0.15, 0.2) is 15.7 Å². The summed E-state index contributed by atoms with van der Waals surface area (Å²) in [5.41, 5.74) is 5.77. The number of rotatable bonds is 4. The lowest BCUT2D eigenvalue weighted by Crippen LogP contribution is -2.51. The number of nitrogens with two attached hydrogens (primary N) is 1. The number of thiophene rings is 1. The molecule has 2 rings (SSSR count). The summed E-state index contributed by atoms with van der Waals surface area (Å²) >= 11 is 1.19. The van der Waals surface area contributed by atoms with Crippen molar-refractivity contribution in [2.75, 3.05) is 20.2 Å². The standard InChI is InChI=1S/C12H20N2O3S2/c1-9-4-3-6-14(10(9)8-13)19(15,16)12-11(17-2)5-7-18-12/h5,7,9-10H,3-4,6,8,13H2,1-2H3/t9-,10+/m0/s1. The van der Waals surface area contributed by atoms with E-state index in [9.17, 15) is 8.42 Å². The highest BCUT2D eigenvalue weighted by Gasteiger charge is 2.38. The summed E-state index contributed by atoms with van der Waals surface area (Å²) in [6.45, 7) is 2.95. The van der Waals surface area contributed by atoms with Crippen molar-refractivity contribution < 1.29 is 13.2 Å². The Bertz CT molecular complexity index is 527. The normalized spacial score (nSPS) is 25.4. The Morgan fingerprint density at radius 3 is 2.95 bits per heavy atom. The molecule has 7 heteroatoms. The summed E-state index contributed by atoms with van der Waals surface area (Å²) < 4.78 is 32.5. The number of methoxy groups -OCH3 is 1. The van der Waals surface area contributed by atoms with Gasteiger partial charge in [-0.1, -0.05) is 6.92 Å². The Labute approximate surface area is 118 Å². The molecule has 0 spiro atoms. The van der Waals surface area contributed by atoms with E-state index >= 15 is 0 Å². The minimum absolute atomic E-state index is 0.120. The molecule has 2 N–H and O–H groups in total. The summed E-state index contributed by atoms with van der Waals surface area (Å²) in [4.78, 5) is 0. The lowest BCUT2D eigenvalue weighted by Gasteiger charge is -2.38. The number of piperidine rings is 1. The van der Waals surface area contributed by atoms with Gasteiger partial charge in [-0.25, -0.2) is 8.42 Å². The second-order valence-electron chi connectivity index (χ2n) is 4.81. The molecular formula is C12H20N2O3S2. The third kappa shape index (κ3) is 2.65. The van der Waals surface area contributed by atoms with Crippen LogP contribution in [0.25, 0.3) is 0 Å². The van der Waals surface area contributed by atoms with E-state index in [1.54, 1.807) is 15.8 Å². The summed E-state index contributed by atoms with van der Waals surface area (Å²) in [7, 11) is -2.02. The molecule has 0 saturated carbocycles. The van der Waals surface area contributed by atoms with E-state index in [1.165, 1.54) is 18.4 Å². The van der Waals surface area contributed by atoms with Gasteiger partial charge < -0.3 is 10.5 Å². The summed E-state index contributed by atoms with van der Waals surface area (Å²) in [5, 5.41) is 1.73. The molecule has 0 bridgehead atoms. The molecule has 0 unspecified atom stereocenters. The van der Waals surface area contributed by atoms with Gasteiger partial charge in [0.2, 0.25) is 0 Å². The first-order chi connectivity index (χ1) is 9.02. The SMILES string of the molecule is COc1ccsc1S(=O)(=O)N1CCC[C@H](C)[C@H]1CN. The van der Waals surface area contributed by atoms with Crippen molar-refractivity contribution in [1.29, 1.82) is 0 Å². The minimum atomic E-state index is -3.51. The summed E-state index contributed by atoms with van der Waals surface area (Å²) in [6.07, 6.45) is 1.90. The fourth-order valence-electron chi connectivity index (χ4n) is 2.59. The second-order valence-corrected chi connectivity index (χ2v) is 7.82. The van der Waals surface area contributed by atoms with Gasteiger partial charge in [0.05, 0.1) is 7.11 Å².